The van der Waals surface area contributed by atoms with Crippen LogP contribution in [0, 0.1) is 6.92 Å². The molecule has 0 saturated heterocycles. The lowest BCUT2D eigenvalue weighted by atomic mass is 10.2. The van der Waals surface area contributed by atoms with E-state index in [0.29, 0.717) is 12.4 Å². The molecule has 2 aromatic heterocycles. The summed E-state index contributed by atoms with van der Waals surface area (Å²) < 4.78 is 5.21. The zero-order valence-electron chi connectivity index (χ0n) is 9.51. The van der Waals surface area contributed by atoms with Gasteiger partial charge in [-0.1, -0.05) is 0 Å². The molecule has 0 bridgehead atoms. The van der Waals surface area contributed by atoms with Gasteiger partial charge < -0.3 is 4.74 Å². The summed E-state index contributed by atoms with van der Waals surface area (Å²) in [5.74, 6) is 0.459. The van der Waals surface area contributed by atoms with E-state index >= 15 is 0 Å². The van der Waals surface area contributed by atoms with Crippen LogP contribution in [-0.2, 0) is 0 Å². The number of aromatic nitrogens is 4. The molecule has 2 aromatic rings. The van der Waals surface area contributed by atoms with Crippen molar-refractivity contribution in [2.75, 3.05) is 6.61 Å². The van der Waals surface area contributed by atoms with Crippen molar-refractivity contribution in [3.63, 3.8) is 0 Å². The maximum atomic E-state index is 5.80. The van der Waals surface area contributed by atoms with Crippen molar-refractivity contribution in [1.29, 1.82) is 0 Å². The van der Waals surface area contributed by atoms with Crippen molar-refractivity contribution in [2.45, 2.75) is 13.8 Å². The van der Waals surface area contributed by atoms with E-state index < -0.39 is 0 Å². The van der Waals surface area contributed by atoms with Gasteiger partial charge >= 0.3 is 6.01 Å². The van der Waals surface area contributed by atoms with Gasteiger partial charge in [0.25, 0.3) is 0 Å². The van der Waals surface area contributed by atoms with Gasteiger partial charge in [0.1, 0.15) is 0 Å². The van der Waals surface area contributed by atoms with Crippen molar-refractivity contribution in [2.24, 2.45) is 0 Å². The van der Waals surface area contributed by atoms with Crippen LogP contribution in [0.3, 0.4) is 0 Å². The van der Waals surface area contributed by atoms with Gasteiger partial charge in [0.2, 0.25) is 5.28 Å². The van der Waals surface area contributed by atoms with Gasteiger partial charge in [-0.05, 0) is 37.6 Å². The third-order valence-corrected chi connectivity index (χ3v) is 2.20. The molecule has 0 aromatic carbocycles. The van der Waals surface area contributed by atoms with Crippen molar-refractivity contribution >= 4 is 11.6 Å². The Morgan fingerprint density at radius 3 is 2.71 bits per heavy atom. The van der Waals surface area contributed by atoms with Crippen LogP contribution in [0.25, 0.3) is 11.4 Å². The number of hydrogen-bond donors (Lipinski definition) is 0. The maximum absolute atomic E-state index is 5.80. The van der Waals surface area contributed by atoms with Crippen LogP contribution in [-0.4, -0.2) is 26.5 Å². The molecule has 0 radical (unpaired) electrons. The van der Waals surface area contributed by atoms with Crippen molar-refractivity contribution in [3.05, 3.63) is 29.3 Å². The van der Waals surface area contributed by atoms with Gasteiger partial charge in [0.15, 0.2) is 5.82 Å². The molecular formula is C11H11ClN4O. The van der Waals surface area contributed by atoms with Crippen LogP contribution in [0.5, 0.6) is 6.01 Å². The van der Waals surface area contributed by atoms with Crippen LogP contribution in [0.15, 0.2) is 18.3 Å². The molecule has 0 aliphatic carbocycles. The highest BCUT2D eigenvalue weighted by Gasteiger charge is 2.08. The molecule has 0 spiro atoms. The lowest BCUT2D eigenvalue weighted by Crippen LogP contribution is -2.01. The van der Waals surface area contributed by atoms with Gasteiger partial charge in [0, 0.05) is 17.5 Å². The third-order valence-electron chi connectivity index (χ3n) is 2.03. The highest BCUT2D eigenvalue weighted by molar-refractivity contribution is 6.28. The Balaban J connectivity index is 2.40. The van der Waals surface area contributed by atoms with E-state index in [9.17, 15) is 0 Å². The summed E-state index contributed by atoms with van der Waals surface area (Å²) in [6, 6.07) is 3.99. The predicted octanol–water partition coefficient (Wildman–Crippen LogP) is 2.29. The minimum absolute atomic E-state index is 0.110. The first-order valence-corrected chi connectivity index (χ1v) is 5.54. The number of ether oxygens (including phenoxy) is 1. The fourth-order valence-electron chi connectivity index (χ4n) is 1.25. The molecule has 17 heavy (non-hydrogen) atoms. The minimum Gasteiger partial charge on any atom is -0.464 e. The molecule has 0 N–H and O–H groups in total. The Morgan fingerprint density at radius 2 is 2.06 bits per heavy atom. The molecule has 2 rings (SSSR count). The highest BCUT2D eigenvalue weighted by Crippen LogP contribution is 2.18. The molecule has 2 heterocycles. The Morgan fingerprint density at radius 1 is 1.24 bits per heavy atom. The summed E-state index contributed by atoms with van der Waals surface area (Å²) in [4.78, 5) is 16.2. The summed E-state index contributed by atoms with van der Waals surface area (Å²) in [6.45, 7) is 4.24. The molecule has 0 amide bonds. The van der Waals surface area contributed by atoms with Crippen LogP contribution in [0.4, 0.5) is 0 Å². The average Bonchev–Trinajstić information content (AvgIpc) is 2.29. The quantitative estimate of drug-likeness (QED) is 0.836. The number of aryl methyl sites for hydroxylation is 1. The van der Waals surface area contributed by atoms with E-state index in [4.69, 9.17) is 16.3 Å². The first-order valence-electron chi connectivity index (χ1n) is 5.16. The van der Waals surface area contributed by atoms with E-state index in [-0.39, 0.29) is 11.3 Å². The summed E-state index contributed by atoms with van der Waals surface area (Å²) in [5, 5.41) is 0.110. The topological polar surface area (TPSA) is 60.8 Å². The van der Waals surface area contributed by atoms with Gasteiger partial charge in [-0.15, -0.1) is 0 Å². The zero-order chi connectivity index (χ0) is 12.3. The Bertz CT molecular complexity index is 515. The van der Waals surface area contributed by atoms with E-state index in [2.05, 4.69) is 19.9 Å². The standard InChI is InChI=1S/C11H11ClN4O/c1-3-17-11-15-9(14-10(12)16-11)8-5-4-7(2)13-6-8/h4-6H,3H2,1-2H3. The Labute approximate surface area is 104 Å². The molecule has 5 nitrogen and oxygen atoms in total. The number of nitrogens with zero attached hydrogens (tertiary/aromatic N) is 4. The van der Waals surface area contributed by atoms with Crippen molar-refractivity contribution in [1.82, 2.24) is 19.9 Å². The molecule has 0 unspecified atom stereocenters. The maximum Gasteiger partial charge on any atom is 0.321 e. The van der Waals surface area contributed by atoms with Crippen molar-refractivity contribution in [3.8, 4) is 17.4 Å². The highest BCUT2D eigenvalue weighted by atomic mass is 35.5. The SMILES string of the molecule is CCOc1nc(Cl)nc(-c2ccc(C)nc2)n1. The summed E-state index contributed by atoms with van der Waals surface area (Å²) in [5.41, 5.74) is 1.71. The van der Waals surface area contributed by atoms with Crippen LogP contribution < -0.4 is 4.74 Å². The first-order chi connectivity index (χ1) is 8.19. The molecule has 0 aliphatic heterocycles. The van der Waals surface area contributed by atoms with Gasteiger partial charge in [0.05, 0.1) is 6.61 Å². The molecule has 88 valence electrons. The summed E-state index contributed by atoms with van der Waals surface area (Å²) >= 11 is 5.80. The zero-order valence-corrected chi connectivity index (χ0v) is 10.3. The lowest BCUT2D eigenvalue weighted by Gasteiger charge is -2.04. The molecule has 0 aliphatic rings. The molecule has 0 atom stereocenters. The van der Waals surface area contributed by atoms with E-state index in [1.165, 1.54) is 0 Å². The normalized spacial score (nSPS) is 10.3. The van der Waals surface area contributed by atoms with Gasteiger partial charge in [-0.2, -0.15) is 15.0 Å². The van der Waals surface area contributed by atoms with Crippen LogP contribution in [0.1, 0.15) is 12.6 Å². The van der Waals surface area contributed by atoms with E-state index in [0.717, 1.165) is 11.3 Å². The fourth-order valence-corrected chi connectivity index (χ4v) is 1.41. The first kappa shape index (κ1) is 11.7. The minimum atomic E-state index is 0.110. The lowest BCUT2D eigenvalue weighted by molar-refractivity contribution is 0.312. The predicted molar refractivity (Wildman–Crippen MR) is 64.0 cm³/mol. The monoisotopic (exact) mass is 250 g/mol. The number of halogens is 1. The summed E-state index contributed by atoms with van der Waals surface area (Å²) in [6.07, 6.45) is 1.69. The molecule has 0 saturated carbocycles. The van der Waals surface area contributed by atoms with Crippen LogP contribution >= 0.6 is 11.6 Å². The fraction of sp³-hybridized carbons (Fsp3) is 0.273. The van der Waals surface area contributed by atoms with Crippen LogP contribution in [0.2, 0.25) is 5.28 Å². The second-order valence-corrected chi connectivity index (χ2v) is 3.67. The average molecular weight is 251 g/mol. The number of rotatable bonds is 3. The molecule has 6 heteroatoms. The molecule has 0 fully saturated rings. The second kappa shape index (κ2) is 5.05. The second-order valence-electron chi connectivity index (χ2n) is 3.33. The Hall–Kier alpha value is -1.75. The largest absolute Gasteiger partial charge is 0.464 e. The van der Waals surface area contributed by atoms with Gasteiger partial charge in [-0.3, -0.25) is 4.98 Å². The number of pyridine rings is 1. The van der Waals surface area contributed by atoms with Gasteiger partial charge in [-0.25, -0.2) is 0 Å². The van der Waals surface area contributed by atoms with E-state index in [1.54, 1.807) is 6.20 Å². The van der Waals surface area contributed by atoms with Crippen molar-refractivity contribution < 1.29 is 4.74 Å². The smallest absolute Gasteiger partial charge is 0.321 e. The van der Waals surface area contributed by atoms with E-state index in [1.807, 2.05) is 26.0 Å². The third kappa shape index (κ3) is 2.88. The number of hydrogen-bond acceptors (Lipinski definition) is 5. The Kier molecular flexibility index (Phi) is 3.49. The molecular weight excluding hydrogens is 240 g/mol. The summed E-state index contributed by atoms with van der Waals surface area (Å²) in [7, 11) is 0.